The lowest BCUT2D eigenvalue weighted by Gasteiger charge is -2.04. The van der Waals surface area contributed by atoms with Crippen LogP contribution in [0.5, 0.6) is 5.75 Å². The fourth-order valence-corrected chi connectivity index (χ4v) is 2.10. The van der Waals surface area contributed by atoms with Crippen LogP contribution < -0.4 is 11.0 Å². The maximum Gasteiger partial charge on any atom is 0.291 e. The number of aromatic nitrogens is 2. The molecule has 0 aliphatic rings. The number of nitrogens with one attached hydrogen (secondary N) is 2. The smallest absolute Gasteiger partial charge is 0.291 e. The van der Waals surface area contributed by atoms with Crippen molar-refractivity contribution in [3.63, 3.8) is 0 Å². The Bertz CT molecular complexity index is 942. The Kier molecular flexibility index (Phi) is 3.84. The third kappa shape index (κ3) is 3.08. The second kappa shape index (κ2) is 6.10. The van der Waals surface area contributed by atoms with E-state index in [1.54, 1.807) is 12.1 Å². The number of nitrogens with zero attached hydrogens (tertiary/aromatic N) is 2. The molecule has 114 valence electrons. The number of hydrogen-bond donors (Lipinski definition) is 3. The molecule has 23 heavy (non-hydrogen) atoms. The van der Waals surface area contributed by atoms with E-state index in [-0.39, 0.29) is 11.4 Å². The summed E-state index contributed by atoms with van der Waals surface area (Å²) in [4.78, 5) is 22.7. The van der Waals surface area contributed by atoms with Gasteiger partial charge in [0.05, 0.1) is 6.21 Å². The summed E-state index contributed by atoms with van der Waals surface area (Å²) in [6, 6.07) is 13.4. The minimum Gasteiger partial charge on any atom is -0.507 e. The lowest BCUT2D eigenvalue weighted by atomic mass is 10.0. The zero-order chi connectivity index (χ0) is 16.2. The predicted octanol–water partition coefficient (Wildman–Crippen LogP) is 1.39. The number of aromatic hydroxyl groups is 1. The van der Waals surface area contributed by atoms with E-state index in [0.717, 1.165) is 10.8 Å². The Balaban J connectivity index is 1.83. The normalized spacial score (nSPS) is 11.0. The van der Waals surface area contributed by atoms with Crippen LogP contribution in [0, 0.1) is 0 Å². The summed E-state index contributed by atoms with van der Waals surface area (Å²) >= 11 is 0. The van der Waals surface area contributed by atoms with Crippen molar-refractivity contribution >= 4 is 22.9 Å². The fourth-order valence-electron chi connectivity index (χ4n) is 2.10. The Hall–Kier alpha value is -3.48. The van der Waals surface area contributed by atoms with Crippen LogP contribution >= 0.6 is 0 Å². The Morgan fingerprint density at radius 1 is 1.17 bits per heavy atom. The average molecular weight is 308 g/mol. The molecular formula is C16H12N4O3. The van der Waals surface area contributed by atoms with E-state index >= 15 is 0 Å². The van der Waals surface area contributed by atoms with Gasteiger partial charge in [-0.2, -0.15) is 10.2 Å². The van der Waals surface area contributed by atoms with Gasteiger partial charge in [0.1, 0.15) is 5.75 Å². The van der Waals surface area contributed by atoms with Gasteiger partial charge < -0.3 is 5.11 Å². The zero-order valence-electron chi connectivity index (χ0n) is 11.9. The van der Waals surface area contributed by atoms with Gasteiger partial charge in [0.2, 0.25) is 0 Å². The second-order valence-electron chi connectivity index (χ2n) is 4.73. The maximum atomic E-state index is 11.8. The standard InChI is InChI=1S/C16H12N4O3/c21-14-7-5-10-3-1-2-4-11(10)12(14)9-17-20-16(23)13-6-8-15(22)19-18-13/h1-9,21H,(H,19,22)(H,20,23)/b17-9+. The van der Waals surface area contributed by atoms with Crippen LogP contribution in [0.3, 0.4) is 0 Å². The van der Waals surface area contributed by atoms with E-state index in [1.165, 1.54) is 18.3 Å². The average Bonchev–Trinajstić information content (AvgIpc) is 2.57. The molecule has 1 amide bonds. The van der Waals surface area contributed by atoms with Crippen molar-refractivity contribution in [2.75, 3.05) is 0 Å². The van der Waals surface area contributed by atoms with Crippen molar-refractivity contribution in [1.82, 2.24) is 15.6 Å². The molecule has 0 atom stereocenters. The zero-order valence-corrected chi connectivity index (χ0v) is 11.9. The molecular weight excluding hydrogens is 296 g/mol. The number of carbonyl (C=O) groups excluding carboxylic acids is 1. The van der Waals surface area contributed by atoms with Gasteiger partial charge in [-0.05, 0) is 22.9 Å². The van der Waals surface area contributed by atoms with E-state index in [9.17, 15) is 14.7 Å². The monoisotopic (exact) mass is 308 g/mol. The number of fused-ring (bicyclic) bond motifs is 1. The van der Waals surface area contributed by atoms with Gasteiger partial charge in [-0.3, -0.25) is 9.59 Å². The highest BCUT2D eigenvalue weighted by Gasteiger charge is 2.07. The number of hydrogen-bond acceptors (Lipinski definition) is 5. The van der Waals surface area contributed by atoms with Crippen LogP contribution in [-0.4, -0.2) is 27.4 Å². The summed E-state index contributed by atoms with van der Waals surface area (Å²) in [5.74, 6) is -0.513. The number of hydrazone groups is 1. The minimum absolute atomic E-state index is 0.0314. The molecule has 7 heteroatoms. The number of benzene rings is 2. The van der Waals surface area contributed by atoms with Crippen molar-refractivity contribution in [3.8, 4) is 5.75 Å². The highest BCUT2D eigenvalue weighted by molar-refractivity contribution is 6.02. The summed E-state index contributed by atoms with van der Waals surface area (Å²) in [5, 5.41) is 21.3. The van der Waals surface area contributed by atoms with E-state index < -0.39 is 11.5 Å². The van der Waals surface area contributed by atoms with Crippen molar-refractivity contribution in [2.24, 2.45) is 5.10 Å². The summed E-state index contributed by atoms with van der Waals surface area (Å²) in [6.07, 6.45) is 1.36. The minimum atomic E-state index is -0.572. The number of phenolic OH excluding ortho intramolecular Hbond substituents is 1. The van der Waals surface area contributed by atoms with Crippen LogP contribution in [0.4, 0.5) is 0 Å². The quantitative estimate of drug-likeness (QED) is 0.502. The molecule has 2 aromatic carbocycles. The van der Waals surface area contributed by atoms with Gasteiger partial charge in [-0.15, -0.1) is 0 Å². The molecule has 0 aliphatic heterocycles. The Morgan fingerprint density at radius 3 is 2.78 bits per heavy atom. The van der Waals surface area contributed by atoms with Crippen molar-refractivity contribution in [1.29, 1.82) is 0 Å². The van der Waals surface area contributed by atoms with E-state index in [2.05, 4.69) is 20.7 Å². The fraction of sp³-hybridized carbons (Fsp3) is 0. The lowest BCUT2D eigenvalue weighted by molar-refractivity contribution is 0.0949. The third-order valence-corrected chi connectivity index (χ3v) is 3.22. The highest BCUT2D eigenvalue weighted by atomic mass is 16.3. The third-order valence-electron chi connectivity index (χ3n) is 3.22. The first-order valence-corrected chi connectivity index (χ1v) is 6.75. The molecule has 0 radical (unpaired) electrons. The SMILES string of the molecule is O=C(N/N=C/c1c(O)ccc2ccccc12)c1ccc(=O)[nH]n1. The van der Waals surface area contributed by atoms with Gasteiger partial charge in [0.25, 0.3) is 11.5 Å². The molecule has 0 unspecified atom stereocenters. The summed E-state index contributed by atoms with van der Waals surface area (Å²) in [7, 11) is 0. The second-order valence-corrected chi connectivity index (χ2v) is 4.73. The van der Waals surface area contributed by atoms with Crippen molar-refractivity contribution in [2.45, 2.75) is 0 Å². The molecule has 0 spiro atoms. The Morgan fingerprint density at radius 2 is 2.00 bits per heavy atom. The number of carbonyl (C=O) groups is 1. The van der Waals surface area contributed by atoms with Crippen LogP contribution in [0.2, 0.25) is 0 Å². The van der Waals surface area contributed by atoms with Crippen molar-refractivity contribution < 1.29 is 9.90 Å². The number of phenols is 1. The maximum absolute atomic E-state index is 11.8. The summed E-state index contributed by atoms with van der Waals surface area (Å²) in [5.41, 5.74) is 2.43. The van der Waals surface area contributed by atoms with Crippen LogP contribution in [0.15, 0.2) is 58.4 Å². The molecule has 3 aromatic rings. The number of rotatable bonds is 3. The van der Waals surface area contributed by atoms with Gasteiger partial charge in [-0.25, -0.2) is 10.5 Å². The topological polar surface area (TPSA) is 107 Å². The summed E-state index contributed by atoms with van der Waals surface area (Å²) in [6.45, 7) is 0. The number of aromatic amines is 1. The van der Waals surface area contributed by atoms with E-state index in [1.807, 2.05) is 24.3 Å². The largest absolute Gasteiger partial charge is 0.507 e. The van der Waals surface area contributed by atoms with Gasteiger partial charge in [0.15, 0.2) is 5.69 Å². The molecule has 0 fully saturated rings. The van der Waals surface area contributed by atoms with E-state index in [0.29, 0.717) is 5.56 Å². The molecule has 0 bridgehead atoms. The first kappa shape index (κ1) is 14.5. The van der Waals surface area contributed by atoms with Gasteiger partial charge >= 0.3 is 0 Å². The first-order valence-electron chi connectivity index (χ1n) is 6.75. The molecule has 1 heterocycles. The van der Waals surface area contributed by atoms with Crippen LogP contribution in [0.1, 0.15) is 16.1 Å². The lowest BCUT2D eigenvalue weighted by Crippen LogP contribution is -2.21. The molecule has 3 N–H and O–H groups in total. The Labute approximate surface area is 130 Å². The molecule has 0 saturated carbocycles. The molecule has 1 aromatic heterocycles. The van der Waals surface area contributed by atoms with Crippen LogP contribution in [0.25, 0.3) is 10.8 Å². The highest BCUT2D eigenvalue weighted by Crippen LogP contribution is 2.25. The van der Waals surface area contributed by atoms with Gasteiger partial charge in [0, 0.05) is 11.6 Å². The van der Waals surface area contributed by atoms with Crippen molar-refractivity contribution in [3.05, 3.63) is 70.1 Å². The number of H-pyrrole nitrogens is 1. The first-order chi connectivity index (χ1) is 11.1. The molecule has 3 rings (SSSR count). The van der Waals surface area contributed by atoms with E-state index in [4.69, 9.17) is 0 Å². The molecule has 0 saturated heterocycles. The molecule has 7 nitrogen and oxygen atoms in total. The van der Waals surface area contributed by atoms with Crippen LogP contribution in [-0.2, 0) is 0 Å². The number of amides is 1. The molecule has 0 aliphatic carbocycles. The predicted molar refractivity (Wildman–Crippen MR) is 85.5 cm³/mol. The summed E-state index contributed by atoms with van der Waals surface area (Å²) < 4.78 is 0. The van der Waals surface area contributed by atoms with Gasteiger partial charge in [-0.1, -0.05) is 30.3 Å².